The van der Waals surface area contributed by atoms with Crippen molar-refractivity contribution in [2.24, 2.45) is 7.05 Å². The summed E-state index contributed by atoms with van der Waals surface area (Å²) >= 11 is 5.04. The van der Waals surface area contributed by atoms with Gasteiger partial charge in [0, 0.05) is 12.6 Å². The second-order valence-corrected chi connectivity index (χ2v) is 3.80. The maximum Gasteiger partial charge on any atom is 0.195 e. The molecule has 0 spiro atoms. The molecule has 0 amide bonds. The van der Waals surface area contributed by atoms with Crippen LogP contribution in [0.2, 0.25) is 0 Å². The Bertz CT molecular complexity index is 557. The molecule has 1 aromatic carbocycles. The zero-order chi connectivity index (χ0) is 13.0. The van der Waals surface area contributed by atoms with Crippen molar-refractivity contribution in [2.45, 2.75) is 20.8 Å². The number of H-pyrrole nitrogens is 1. The van der Waals surface area contributed by atoms with Gasteiger partial charge in [0.2, 0.25) is 0 Å². The van der Waals surface area contributed by atoms with Crippen LogP contribution in [-0.4, -0.2) is 19.9 Å². The number of phenols is 1. The number of hydrogen-bond donors (Lipinski definition) is 2. The molecule has 0 aliphatic rings. The van der Waals surface area contributed by atoms with Crippen molar-refractivity contribution < 1.29 is 5.11 Å². The third kappa shape index (κ3) is 2.74. The Morgan fingerprint density at radius 3 is 2.47 bits per heavy atom. The van der Waals surface area contributed by atoms with E-state index >= 15 is 0 Å². The predicted molar refractivity (Wildman–Crippen MR) is 71.6 cm³/mol. The summed E-state index contributed by atoms with van der Waals surface area (Å²) in [5, 5.41) is 16.2. The van der Waals surface area contributed by atoms with E-state index in [-0.39, 0.29) is 5.75 Å². The highest BCUT2D eigenvalue weighted by atomic mass is 32.1. The largest absolute Gasteiger partial charge is 0.508 e. The van der Waals surface area contributed by atoms with Crippen LogP contribution in [0.3, 0.4) is 0 Å². The Kier molecular flexibility index (Phi) is 4.45. The van der Waals surface area contributed by atoms with Crippen molar-refractivity contribution in [3.8, 4) is 17.1 Å². The van der Waals surface area contributed by atoms with Gasteiger partial charge in [0.05, 0.1) is 0 Å². The van der Waals surface area contributed by atoms with E-state index in [0.29, 0.717) is 4.77 Å². The van der Waals surface area contributed by atoms with E-state index in [1.807, 2.05) is 33.9 Å². The normalized spacial score (nSPS) is 9.65. The summed E-state index contributed by atoms with van der Waals surface area (Å²) in [5.41, 5.74) is 1.93. The molecule has 1 heterocycles. The van der Waals surface area contributed by atoms with Crippen molar-refractivity contribution in [1.82, 2.24) is 14.8 Å². The Hall–Kier alpha value is -1.62. The van der Waals surface area contributed by atoms with E-state index < -0.39 is 0 Å². The van der Waals surface area contributed by atoms with Crippen molar-refractivity contribution in [1.29, 1.82) is 0 Å². The Balaban J connectivity index is 0.000000686. The first-order chi connectivity index (χ1) is 8.09. The standard InChI is InChI=1S/C10H11N3OS.C2H6/c1-6-5-7(14)3-4-8(6)9-11-12-10(15)13(9)2;1-2/h3-5,14H,1-2H3,(H,12,15);1-2H3. The van der Waals surface area contributed by atoms with Gasteiger partial charge in [0.15, 0.2) is 10.6 Å². The summed E-state index contributed by atoms with van der Waals surface area (Å²) < 4.78 is 2.38. The maximum absolute atomic E-state index is 9.30. The van der Waals surface area contributed by atoms with Crippen LogP contribution in [0.5, 0.6) is 5.75 Å². The molecule has 0 aliphatic carbocycles. The van der Waals surface area contributed by atoms with Crippen LogP contribution in [0, 0.1) is 11.7 Å². The number of nitrogens with one attached hydrogen (secondary N) is 1. The molecule has 2 aromatic rings. The van der Waals surface area contributed by atoms with E-state index in [0.717, 1.165) is 17.0 Å². The topological polar surface area (TPSA) is 53.8 Å². The first-order valence-electron chi connectivity index (χ1n) is 5.51. The molecule has 2 N–H and O–H groups in total. The molecular weight excluding hydrogens is 234 g/mol. The van der Waals surface area contributed by atoms with Crippen LogP contribution < -0.4 is 0 Å². The van der Waals surface area contributed by atoms with Gasteiger partial charge in [-0.05, 0) is 42.9 Å². The molecule has 5 heteroatoms. The first-order valence-corrected chi connectivity index (χ1v) is 5.92. The van der Waals surface area contributed by atoms with Gasteiger partial charge in [0.25, 0.3) is 0 Å². The predicted octanol–water partition coefficient (Wildman–Crippen LogP) is 3.18. The quantitative estimate of drug-likeness (QED) is 0.765. The molecule has 0 saturated heterocycles. The zero-order valence-corrected chi connectivity index (χ0v) is 11.3. The van der Waals surface area contributed by atoms with Gasteiger partial charge in [-0.25, -0.2) is 0 Å². The Labute approximate surface area is 106 Å². The number of hydrogen-bond acceptors (Lipinski definition) is 3. The number of aromatic amines is 1. The van der Waals surface area contributed by atoms with Crippen molar-refractivity contribution in [2.75, 3.05) is 0 Å². The Morgan fingerprint density at radius 2 is 2.00 bits per heavy atom. The average Bonchev–Trinajstić information content (AvgIpc) is 2.63. The van der Waals surface area contributed by atoms with Crippen LogP contribution in [0.1, 0.15) is 19.4 Å². The highest BCUT2D eigenvalue weighted by Gasteiger charge is 2.08. The molecule has 0 radical (unpaired) electrons. The number of nitrogens with zero attached hydrogens (tertiary/aromatic N) is 2. The lowest BCUT2D eigenvalue weighted by Gasteiger charge is -2.04. The highest BCUT2D eigenvalue weighted by Crippen LogP contribution is 2.24. The molecule has 0 aliphatic heterocycles. The van der Waals surface area contributed by atoms with Gasteiger partial charge >= 0.3 is 0 Å². The van der Waals surface area contributed by atoms with Crippen LogP contribution in [-0.2, 0) is 7.05 Å². The van der Waals surface area contributed by atoms with E-state index in [9.17, 15) is 5.11 Å². The average molecular weight is 251 g/mol. The van der Waals surface area contributed by atoms with Gasteiger partial charge in [-0.1, -0.05) is 13.8 Å². The second kappa shape index (κ2) is 5.63. The van der Waals surface area contributed by atoms with Gasteiger partial charge in [0.1, 0.15) is 5.75 Å². The van der Waals surface area contributed by atoms with Gasteiger partial charge in [-0.15, -0.1) is 0 Å². The molecule has 2 rings (SSSR count). The van der Waals surface area contributed by atoms with E-state index in [4.69, 9.17) is 12.2 Å². The molecule has 0 bridgehead atoms. The van der Waals surface area contributed by atoms with Gasteiger partial charge in [-0.2, -0.15) is 5.10 Å². The molecule has 17 heavy (non-hydrogen) atoms. The minimum Gasteiger partial charge on any atom is -0.508 e. The summed E-state index contributed by atoms with van der Waals surface area (Å²) in [6.45, 7) is 5.92. The van der Waals surface area contributed by atoms with E-state index in [1.165, 1.54) is 0 Å². The lowest BCUT2D eigenvalue weighted by molar-refractivity contribution is 0.475. The fraction of sp³-hybridized carbons (Fsp3) is 0.333. The zero-order valence-electron chi connectivity index (χ0n) is 10.5. The van der Waals surface area contributed by atoms with Crippen LogP contribution in [0.25, 0.3) is 11.4 Å². The molecule has 0 fully saturated rings. The summed E-state index contributed by atoms with van der Waals surface area (Å²) in [6.07, 6.45) is 0. The molecule has 0 unspecified atom stereocenters. The summed E-state index contributed by atoms with van der Waals surface area (Å²) in [5.74, 6) is 1.03. The minimum absolute atomic E-state index is 0.257. The maximum atomic E-state index is 9.30. The summed E-state index contributed by atoms with van der Waals surface area (Å²) in [6, 6.07) is 5.17. The third-order valence-electron chi connectivity index (χ3n) is 2.33. The summed E-state index contributed by atoms with van der Waals surface area (Å²) in [7, 11) is 1.85. The fourth-order valence-electron chi connectivity index (χ4n) is 1.49. The number of aryl methyl sites for hydroxylation is 1. The smallest absolute Gasteiger partial charge is 0.195 e. The monoisotopic (exact) mass is 251 g/mol. The second-order valence-electron chi connectivity index (χ2n) is 3.41. The van der Waals surface area contributed by atoms with Crippen molar-refractivity contribution in [3.05, 3.63) is 28.5 Å². The number of aromatic nitrogens is 3. The SMILES string of the molecule is CC.Cc1cc(O)ccc1-c1n[nH]c(=S)n1C. The van der Waals surface area contributed by atoms with Crippen molar-refractivity contribution >= 4 is 12.2 Å². The number of aromatic hydroxyl groups is 1. The first kappa shape index (κ1) is 13.4. The minimum atomic E-state index is 0.257. The van der Waals surface area contributed by atoms with Crippen LogP contribution >= 0.6 is 12.2 Å². The van der Waals surface area contributed by atoms with Crippen LogP contribution in [0.4, 0.5) is 0 Å². The number of benzene rings is 1. The lowest BCUT2D eigenvalue weighted by Crippen LogP contribution is -1.94. The van der Waals surface area contributed by atoms with Crippen molar-refractivity contribution in [3.63, 3.8) is 0 Å². The van der Waals surface area contributed by atoms with E-state index in [2.05, 4.69) is 10.2 Å². The number of phenolic OH excluding ortho intramolecular Hbond substituents is 1. The summed E-state index contributed by atoms with van der Waals surface area (Å²) in [4.78, 5) is 0. The van der Waals surface area contributed by atoms with E-state index in [1.54, 1.807) is 16.7 Å². The molecular formula is C12H17N3OS. The fourth-order valence-corrected chi connectivity index (χ4v) is 1.62. The van der Waals surface area contributed by atoms with Gasteiger partial charge in [-0.3, -0.25) is 5.10 Å². The highest BCUT2D eigenvalue weighted by molar-refractivity contribution is 7.71. The molecule has 4 nitrogen and oxygen atoms in total. The Morgan fingerprint density at radius 1 is 1.35 bits per heavy atom. The third-order valence-corrected chi connectivity index (χ3v) is 2.70. The lowest BCUT2D eigenvalue weighted by atomic mass is 10.1. The number of rotatable bonds is 1. The molecule has 0 saturated carbocycles. The van der Waals surface area contributed by atoms with Crippen LogP contribution in [0.15, 0.2) is 18.2 Å². The molecule has 92 valence electrons. The molecule has 1 aromatic heterocycles. The molecule has 0 atom stereocenters. The van der Waals surface area contributed by atoms with Gasteiger partial charge < -0.3 is 9.67 Å².